The van der Waals surface area contributed by atoms with Crippen LogP contribution >= 0.6 is 0 Å². The zero-order valence-corrected chi connectivity index (χ0v) is 15.6. The number of fused-ring (bicyclic) bond motifs is 4. The highest BCUT2D eigenvalue weighted by Crippen LogP contribution is 2.44. The predicted molar refractivity (Wildman–Crippen MR) is 104 cm³/mol. The number of rotatable bonds is 4. The Bertz CT molecular complexity index is 1080. The minimum atomic E-state index is -0.963. The first kappa shape index (κ1) is 17.5. The lowest BCUT2D eigenvalue weighted by atomic mass is 9.98. The molecule has 0 bridgehead atoms. The van der Waals surface area contributed by atoms with E-state index in [0.29, 0.717) is 13.1 Å². The lowest BCUT2D eigenvalue weighted by Gasteiger charge is -2.19. The van der Waals surface area contributed by atoms with Crippen LogP contribution in [0.15, 0.2) is 54.7 Å². The maximum atomic E-state index is 12.7. The maximum absolute atomic E-state index is 12.7. The summed E-state index contributed by atoms with van der Waals surface area (Å²) >= 11 is 0. The summed E-state index contributed by atoms with van der Waals surface area (Å²) in [5.74, 6) is -0.950. The number of ether oxygens (including phenoxy) is 1. The van der Waals surface area contributed by atoms with Crippen LogP contribution in [0.5, 0.6) is 0 Å². The molecule has 3 aromatic rings. The number of benzene rings is 2. The molecule has 5 rings (SSSR count). The van der Waals surface area contributed by atoms with Crippen LogP contribution in [0.25, 0.3) is 11.1 Å². The number of carbonyl (C=O) groups is 2. The second-order valence-electron chi connectivity index (χ2n) is 7.33. The highest BCUT2D eigenvalue weighted by molar-refractivity contribution is 5.79. The van der Waals surface area contributed by atoms with Gasteiger partial charge in [0.15, 0.2) is 0 Å². The molecule has 1 amide bonds. The van der Waals surface area contributed by atoms with Crippen LogP contribution in [0, 0.1) is 0 Å². The quantitative estimate of drug-likeness (QED) is 0.741. The molecule has 0 atom stereocenters. The molecule has 0 radical (unpaired) electrons. The fourth-order valence-corrected chi connectivity index (χ4v) is 4.29. The standard InChI is InChI=1S/C22H19N3O4/c26-21(27)12-25-20-11-24(10-14(20)9-23-25)22(28)29-13-19-17-7-3-1-5-15(17)16-6-2-4-8-18(16)19/h1-9,19H,10-13H2,(H,26,27). The molecule has 29 heavy (non-hydrogen) atoms. The molecule has 0 unspecified atom stereocenters. The fourth-order valence-electron chi connectivity index (χ4n) is 4.29. The number of carbonyl (C=O) groups excluding carboxylic acids is 1. The minimum absolute atomic E-state index is 0.0128. The number of hydrogen-bond donors (Lipinski definition) is 1. The Balaban J connectivity index is 1.29. The third-order valence-electron chi connectivity index (χ3n) is 5.62. The summed E-state index contributed by atoms with van der Waals surface area (Å²) in [5, 5.41) is 13.1. The average Bonchev–Trinajstić information content (AvgIpc) is 3.39. The molecule has 1 N–H and O–H groups in total. The Morgan fingerprint density at radius 2 is 1.69 bits per heavy atom. The van der Waals surface area contributed by atoms with Gasteiger partial charge in [0.2, 0.25) is 0 Å². The van der Waals surface area contributed by atoms with E-state index in [1.165, 1.54) is 26.9 Å². The number of hydrogen-bond acceptors (Lipinski definition) is 4. The molecular formula is C22H19N3O4. The third-order valence-corrected chi connectivity index (χ3v) is 5.62. The van der Waals surface area contributed by atoms with Crippen molar-refractivity contribution in [2.24, 2.45) is 0 Å². The van der Waals surface area contributed by atoms with E-state index < -0.39 is 12.1 Å². The number of aliphatic carboxylic acids is 1. The van der Waals surface area contributed by atoms with E-state index in [-0.39, 0.29) is 19.1 Å². The molecule has 1 aliphatic heterocycles. The second kappa shape index (κ2) is 6.77. The zero-order chi connectivity index (χ0) is 20.0. The Hall–Kier alpha value is -3.61. The van der Waals surface area contributed by atoms with Gasteiger partial charge in [0, 0.05) is 11.5 Å². The number of nitrogens with zero attached hydrogens (tertiary/aromatic N) is 3. The zero-order valence-electron chi connectivity index (χ0n) is 15.6. The van der Waals surface area contributed by atoms with Crippen molar-refractivity contribution < 1.29 is 19.4 Å². The van der Waals surface area contributed by atoms with Crippen molar-refractivity contribution in [2.75, 3.05) is 6.61 Å². The van der Waals surface area contributed by atoms with Crippen molar-refractivity contribution in [3.8, 4) is 11.1 Å². The number of carboxylic acid groups (broad SMARTS) is 1. The topological polar surface area (TPSA) is 84.7 Å². The summed E-state index contributed by atoms with van der Waals surface area (Å²) in [6.45, 7) is 0.736. The van der Waals surface area contributed by atoms with E-state index in [4.69, 9.17) is 9.84 Å². The molecule has 2 aliphatic rings. The van der Waals surface area contributed by atoms with Crippen molar-refractivity contribution in [1.82, 2.24) is 14.7 Å². The van der Waals surface area contributed by atoms with Crippen LogP contribution in [-0.2, 0) is 29.2 Å². The van der Waals surface area contributed by atoms with Gasteiger partial charge in [-0.2, -0.15) is 5.10 Å². The first-order valence-corrected chi connectivity index (χ1v) is 9.47. The van der Waals surface area contributed by atoms with Gasteiger partial charge in [-0.05, 0) is 22.3 Å². The van der Waals surface area contributed by atoms with Crippen molar-refractivity contribution >= 4 is 12.1 Å². The van der Waals surface area contributed by atoms with Crippen LogP contribution in [0.4, 0.5) is 4.79 Å². The third kappa shape index (κ3) is 2.95. The molecule has 1 aliphatic carbocycles. The van der Waals surface area contributed by atoms with E-state index in [0.717, 1.165) is 11.3 Å². The molecule has 0 saturated carbocycles. The Morgan fingerprint density at radius 1 is 1.03 bits per heavy atom. The van der Waals surface area contributed by atoms with Gasteiger partial charge in [0.25, 0.3) is 0 Å². The van der Waals surface area contributed by atoms with Crippen molar-refractivity contribution in [1.29, 1.82) is 0 Å². The summed E-state index contributed by atoms with van der Waals surface area (Å²) in [5.41, 5.74) is 6.32. The molecule has 146 valence electrons. The van der Waals surface area contributed by atoms with Crippen LogP contribution in [0.2, 0.25) is 0 Å². The van der Waals surface area contributed by atoms with Gasteiger partial charge in [-0.15, -0.1) is 0 Å². The summed E-state index contributed by atoms with van der Waals surface area (Å²) in [6, 6.07) is 16.4. The van der Waals surface area contributed by atoms with Crippen LogP contribution in [0.3, 0.4) is 0 Å². The molecule has 7 heteroatoms. The maximum Gasteiger partial charge on any atom is 0.410 e. The van der Waals surface area contributed by atoms with Gasteiger partial charge in [-0.1, -0.05) is 48.5 Å². The van der Waals surface area contributed by atoms with Gasteiger partial charge >= 0.3 is 12.1 Å². The van der Waals surface area contributed by atoms with Crippen LogP contribution in [0.1, 0.15) is 28.3 Å². The Labute approximate surface area is 167 Å². The molecule has 2 heterocycles. The lowest BCUT2D eigenvalue weighted by Crippen LogP contribution is -2.28. The van der Waals surface area contributed by atoms with Crippen molar-refractivity contribution in [2.45, 2.75) is 25.6 Å². The largest absolute Gasteiger partial charge is 0.480 e. The Morgan fingerprint density at radius 3 is 2.34 bits per heavy atom. The number of carboxylic acids is 1. The SMILES string of the molecule is O=C(O)Cn1ncc2c1CN(C(=O)OCC1c3ccccc3-c3ccccc31)C2. The van der Waals surface area contributed by atoms with E-state index in [1.807, 2.05) is 24.3 Å². The van der Waals surface area contributed by atoms with Crippen LogP contribution in [-0.4, -0.2) is 38.5 Å². The second-order valence-corrected chi connectivity index (χ2v) is 7.33. The van der Waals surface area contributed by atoms with Crippen molar-refractivity contribution in [3.63, 3.8) is 0 Å². The molecular weight excluding hydrogens is 370 g/mol. The van der Waals surface area contributed by atoms with Gasteiger partial charge < -0.3 is 9.84 Å². The van der Waals surface area contributed by atoms with Crippen molar-refractivity contribution in [3.05, 3.63) is 77.1 Å². The average molecular weight is 389 g/mol. The van der Waals surface area contributed by atoms with E-state index in [1.54, 1.807) is 11.1 Å². The number of aromatic nitrogens is 2. The number of amides is 1. The molecule has 0 saturated heterocycles. The molecule has 1 aromatic heterocycles. The van der Waals surface area contributed by atoms with Gasteiger partial charge in [0.1, 0.15) is 13.2 Å². The monoisotopic (exact) mass is 389 g/mol. The predicted octanol–water partition coefficient (Wildman–Crippen LogP) is 3.23. The lowest BCUT2D eigenvalue weighted by molar-refractivity contribution is -0.137. The highest BCUT2D eigenvalue weighted by atomic mass is 16.6. The normalized spacial score (nSPS) is 14.4. The first-order valence-electron chi connectivity index (χ1n) is 9.47. The summed E-state index contributed by atoms with van der Waals surface area (Å²) in [6.07, 6.45) is 1.22. The first-order chi connectivity index (χ1) is 14.1. The van der Waals surface area contributed by atoms with E-state index in [9.17, 15) is 9.59 Å². The van der Waals surface area contributed by atoms with Gasteiger partial charge in [0.05, 0.1) is 25.0 Å². The fraction of sp³-hybridized carbons (Fsp3) is 0.227. The molecule has 7 nitrogen and oxygen atoms in total. The Kier molecular flexibility index (Phi) is 4.08. The van der Waals surface area contributed by atoms with E-state index >= 15 is 0 Å². The van der Waals surface area contributed by atoms with E-state index in [2.05, 4.69) is 29.4 Å². The summed E-state index contributed by atoms with van der Waals surface area (Å²) in [4.78, 5) is 25.2. The summed E-state index contributed by atoms with van der Waals surface area (Å²) < 4.78 is 7.11. The molecule has 0 spiro atoms. The molecule has 2 aromatic carbocycles. The minimum Gasteiger partial charge on any atom is -0.480 e. The highest BCUT2D eigenvalue weighted by Gasteiger charge is 2.32. The van der Waals surface area contributed by atoms with Crippen LogP contribution < -0.4 is 0 Å². The summed E-state index contributed by atoms with van der Waals surface area (Å²) in [7, 11) is 0. The smallest absolute Gasteiger partial charge is 0.410 e. The van der Waals surface area contributed by atoms with Gasteiger partial charge in [-0.3, -0.25) is 14.4 Å². The molecule has 0 fully saturated rings. The van der Waals surface area contributed by atoms with Gasteiger partial charge in [-0.25, -0.2) is 4.79 Å².